The maximum Gasteiger partial charge on any atom is 0.407 e. The Labute approximate surface area is 231 Å². The van der Waals surface area contributed by atoms with E-state index in [1.807, 2.05) is 84.9 Å². The van der Waals surface area contributed by atoms with Crippen LogP contribution >= 0.6 is 0 Å². The number of ether oxygens (including phenoxy) is 2. The molecule has 7 nitrogen and oxygen atoms in total. The molecule has 1 unspecified atom stereocenters. The first-order chi connectivity index (χ1) is 19.6. The highest BCUT2D eigenvalue weighted by Crippen LogP contribution is 2.44. The Hall–Kier alpha value is -5.04. The largest absolute Gasteiger partial charge is 0.488 e. The summed E-state index contributed by atoms with van der Waals surface area (Å²) in [5.41, 5.74) is 7.01. The zero-order chi connectivity index (χ0) is 27.5. The molecule has 1 amide bonds. The third-order valence-corrected chi connectivity index (χ3v) is 7.34. The fraction of sp³-hybridized carbons (Fsp3) is 0.152. The van der Waals surface area contributed by atoms with Crippen LogP contribution in [0.5, 0.6) is 5.75 Å². The molecule has 6 rings (SSSR count). The van der Waals surface area contributed by atoms with Gasteiger partial charge in [-0.1, -0.05) is 84.9 Å². The van der Waals surface area contributed by atoms with Crippen molar-refractivity contribution in [2.45, 2.75) is 25.0 Å². The van der Waals surface area contributed by atoms with Gasteiger partial charge in [-0.25, -0.2) is 9.59 Å². The van der Waals surface area contributed by atoms with Crippen LogP contribution < -0.4 is 10.1 Å². The molecule has 1 aliphatic carbocycles. The predicted octanol–water partition coefficient (Wildman–Crippen LogP) is 6.28. The van der Waals surface area contributed by atoms with E-state index in [-0.39, 0.29) is 18.9 Å². The van der Waals surface area contributed by atoms with E-state index in [0.717, 1.165) is 44.3 Å². The Kier molecular flexibility index (Phi) is 6.93. The number of aliphatic carboxylic acids is 1. The number of alkyl carbamates (subject to hydrolysis) is 1. The highest BCUT2D eigenvalue weighted by molar-refractivity contribution is 5.90. The van der Waals surface area contributed by atoms with E-state index in [1.54, 1.807) is 6.20 Å². The lowest BCUT2D eigenvalue weighted by Gasteiger charge is -2.17. The number of carboxylic acids is 1. The van der Waals surface area contributed by atoms with E-state index in [9.17, 15) is 14.7 Å². The predicted molar refractivity (Wildman–Crippen MR) is 152 cm³/mol. The second kappa shape index (κ2) is 11.0. The van der Waals surface area contributed by atoms with Crippen molar-refractivity contribution in [3.63, 3.8) is 0 Å². The smallest absolute Gasteiger partial charge is 0.407 e. The van der Waals surface area contributed by atoms with Gasteiger partial charge in [0.25, 0.3) is 0 Å². The molecule has 1 aliphatic rings. The monoisotopic (exact) mass is 532 g/mol. The lowest BCUT2D eigenvalue weighted by atomic mass is 9.98. The number of nitrogens with one attached hydrogen (secondary N) is 2. The number of fused-ring (bicyclic) bond motifs is 4. The van der Waals surface area contributed by atoms with Crippen LogP contribution in [0.15, 0.2) is 103 Å². The minimum atomic E-state index is -1.18. The Morgan fingerprint density at radius 3 is 2.23 bits per heavy atom. The van der Waals surface area contributed by atoms with Gasteiger partial charge >= 0.3 is 12.1 Å². The number of hydrogen-bond acceptors (Lipinski definition) is 4. The molecule has 0 spiro atoms. The van der Waals surface area contributed by atoms with Crippen LogP contribution in [0.3, 0.4) is 0 Å². The first-order valence-electron chi connectivity index (χ1n) is 13.2. The fourth-order valence-corrected chi connectivity index (χ4v) is 5.44. The van der Waals surface area contributed by atoms with Crippen molar-refractivity contribution < 1.29 is 24.2 Å². The molecule has 1 atom stereocenters. The van der Waals surface area contributed by atoms with E-state index in [0.29, 0.717) is 12.4 Å². The number of carbonyl (C=O) groups is 2. The van der Waals surface area contributed by atoms with Crippen molar-refractivity contribution >= 4 is 23.0 Å². The second-order valence-electron chi connectivity index (χ2n) is 9.83. The van der Waals surface area contributed by atoms with E-state index < -0.39 is 18.1 Å². The van der Waals surface area contributed by atoms with Crippen LogP contribution in [-0.2, 0) is 22.6 Å². The molecule has 0 saturated carbocycles. The van der Waals surface area contributed by atoms with Gasteiger partial charge in [-0.05, 0) is 45.5 Å². The average molecular weight is 533 g/mol. The molecule has 0 saturated heterocycles. The van der Waals surface area contributed by atoms with Crippen LogP contribution in [0.25, 0.3) is 22.0 Å². The van der Waals surface area contributed by atoms with Crippen molar-refractivity contribution in [3.05, 3.63) is 126 Å². The number of benzene rings is 4. The van der Waals surface area contributed by atoms with Crippen molar-refractivity contribution in [1.29, 1.82) is 0 Å². The van der Waals surface area contributed by atoms with Gasteiger partial charge in [-0.3, -0.25) is 0 Å². The van der Waals surface area contributed by atoms with E-state index in [1.165, 1.54) is 0 Å². The van der Waals surface area contributed by atoms with Crippen LogP contribution in [0.1, 0.15) is 28.2 Å². The van der Waals surface area contributed by atoms with Crippen molar-refractivity contribution in [2.75, 3.05) is 6.61 Å². The molecule has 0 bridgehead atoms. The molecule has 3 N–H and O–H groups in total. The Balaban J connectivity index is 1.15. The molecule has 1 aromatic heterocycles. The van der Waals surface area contributed by atoms with Gasteiger partial charge in [0.15, 0.2) is 0 Å². The Bertz CT molecular complexity index is 1630. The number of amides is 1. The molecule has 0 fully saturated rings. The summed E-state index contributed by atoms with van der Waals surface area (Å²) in [5.74, 6) is -0.618. The summed E-state index contributed by atoms with van der Waals surface area (Å²) in [5, 5.41) is 13.3. The molecule has 1 heterocycles. The first kappa shape index (κ1) is 25.2. The minimum absolute atomic E-state index is 0.0608. The molecule has 7 heteroatoms. The molecular weight excluding hydrogens is 504 g/mol. The lowest BCUT2D eigenvalue weighted by Crippen LogP contribution is -2.42. The maximum absolute atomic E-state index is 12.8. The van der Waals surface area contributed by atoms with Crippen molar-refractivity contribution in [3.8, 4) is 16.9 Å². The van der Waals surface area contributed by atoms with Crippen LogP contribution in [-0.4, -0.2) is 34.8 Å². The normalized spacial score (nSPS) is 12.9. The third kappa shape index (κ3) is 5.01. The molecule has 200 valence electrons. The summed E-state index contributed by atoms with van der Waals surface area (Å²) >= 11 is 0. The zero-order valence-corrected chi connectivity index (χ0v) is 21.7. The number of rotatable bonds is 9. The average Bonchev–Trinajstić information content (AvgIpc) is 3.54. The Morgan fingerprint density at radius 1 is 0.850 bits per heavy atom. The zero-order valence-electron chi connectivity index (χ0n) is 21.7. The van der Waals surface area contributed by atoms with Gasteiger partial charge in [0.2, 0.25) is 0 Å². The van der Waals surface area contributed by atoms with Crippen LogP contribution in [0.4, 0.5) is 4.79 Å². The standard InChI is InChI=1S/C33H28N2O5/c36-32(37)29(17-22-18-34-28-15-8-16-30(31(22)28)39-19-21-9-2-1-3-10-21)35-33(38)40-20-27-25-13-6-4-11-23(25)24-12-5-7-14-26(24)27/h1-16,18,27,29,34H,17,19-20H2,(H,35,38)(H,36,37). The number of carbonyl (C=O) groups excluding carboxylic acids is 1. The molecule has 4 aromatic carbocycles. The summed E-state index contributed by atoms with van der Waals surface area (Å²) in [6, 6.07) is 30.4. The molecule has 5 aromatic rings. The highest BCUT2D eigenvalue weighted by Gasteiger charge is 2.30. The van der Waals surface area contributed by atoms with Gasteiger partial charge < -0.3 is 24.9 Å². The number of aromatic amines is 1. The van der Waals surface area contributed by atoms with Gasteiger partial charge in [-0.2, -0.15) is 0 Å². The topological polar surface area (TPSA) is 101 Å². The maximum atomic E-state index is 12.8. The van der Waals surface area contributed by atoms with Crippen LogP contribution in [0, 0.1) is 0 Å². The highest BCUT2D eigenvalue weighted by atomic mass is 16.5. The molecule has 0 aliphatic heterocycles. The van der Waals surface area contributed by atoms with E-state index in [2.05, 4.69) is 22.4 Å². The van der Waals surface area contributed by atoms with E-state index >= 15 is 0 Å². The van der Waals surface area contributed by atoms with E-state index in [4.69, 9.17) is 9.47 Å². The number of H-pyrrole nitrogens is 1. The molecule has 40 heavy (non-hydrogen) atoms. The van der Waals surface area contributed by atoms with Crippen LogP contribution in [0.2, 0.25) is 0 Å². The second-order valence-corrected chi connectivity index (χ2v) is 9.83. The van der Waals surface area contributed by atoms with Gasteiger partial charge in [0.1, 0.15) is 25.0 Å². The molecule has 0 radical (unpaired) electrons. The number of hydrogen-bond donors (Lipinski definition) is 3. The third-order valence-electron chi connectivity index (χ3n) is 7.34. The lowest BCUT2D eigenvalue weighted by molar-refractivity contribution is -0.139. The van der Waals surface area contributed by atoms with Crippen molar-refractivity contribution in [1.82, 2.24) is 10.3 Å². The SMILES string of the molecule is O=C(NC(Cc1c[nH]c2cccc(OCc3ccccc3)c12)C(=O)O)OCC1c2ccccc2-c2ccccc21. The quantitative estimate of drug-likeness (QED) is 0.207. The summed E-state index contributed by atoms with van der Waals surface area (Å²) in [7, 11) is 0. The Morgan fingerprint density at radius 2 is 1.52 bits per heavy atom. The fourth-order valence-electron chi connectivity index (χ4n) is 5.44. The minimum Gasteiger partial charge on any atom is -0.488 e. The summed E-state index contributed by atoms with van der Waals surface area (Å²) in [4.78, 5) is 28.2. The number of aromatic nitrogens is 1. The van der Waals surface area contributed by atoms with Gasteiger partial charge in [0, 0.05) is 29.4 Å². The summed E-state index contributed by atoms with van der Waals surface area (Å²) in [6.07, 6.45) is 1.05. The summed E-state index contributed by atoms with van der Waals surface area (Å²) < 4.78 is 11.7. The number of carboxylic acid groups (broad SMARTS) is 1. The summed E-state index contributed by atoms with van der Waals surface area (Å²) in [6.45, 7) is 0.488. The molecular formula is C33H28N2O5. The van der Waals surface area contributed by atoms with Gasteiger partial charge in [0.05, 0.1) is 0 Å². The van der Waals surface area contributed by atoms with Gasteiger partial charge in [-0.15, -0.1) is 0 Å². The first-order valence-corrected chi connectivity index (χ1v) is 13.2. The van der Waals surface area contributed by atoms with Crippen molar-refractivity contribution in [2.24, 2.45) is 0 Å².